The molecule has 1 aliphatic rings. The fourth-order valence-corrected chi connectivity index (χ4v) is 2.37. The molecule has 4 heteroatoms. The summed E-state index contributed by atoms with van der Waals surface area (Å²) in [6.45, 7) is 5.04. The summed E-state index contributed by atoms with van der Waals surface area (Å²) in [6.07, 6.45) is 6.00. The van der Waals surface area contributed by atoms with Crippen molar-refractivity contribution in [2.24, 2.45) is 5.92 Å². The largest absolute Gasteiger partial charge is 0.282 e. The first kappa shape index (κ1) is 14.6. The standard InChI is InChI=1S/C13H23NO2S/c1-10(2)7-5-3-4-6-8-14-12(15)9-11(17)13(14)16/h10-11,17H,3-9H2,1-2H3. The van der Waals surface area contributed by atoms with Gasteiger partial charge >= 0.3 is 0 Å². The predicted octanol–water partition coefficient (Wildman–Crippen LogP) is 2.65. The van der Waals surface area contributed by atoms with Gasteiger partial charge in [0.25, 0.3) is 0 Å². The number of nitrogens with zero attached hydrogens (tertiary/aromatic N) is 1. The average Bonchev–Trinajstić information content (AvgIpc) is 2.48. The van der Waals surface area contributed by atoms with Crippen molar-refractivity contribution in [3.05, 3.63) is 0 Å². The molecule has 0 saturated carbocycles. The molecule has 0 aromatic heterocycles. The average molecular weight is 257 g/mol. The van der Waals surface area contributed by atoms with Crippen LogP contribution in [0.3, 0.4) is 0 Å². The molecule has 1 atom stereocenters. The van der Waals surface area contributed by atoms with Crippen molar-refractivity contribution in [1.29, 1.82) is 0 Å². The van der Waals surface area contributed by atoms with Gasteiger partial charge in [0.15, 0.2) is 0 Å². The Bertz CT molecular complexity index is 279. The summed E-state index contributed by atoms with van der Waals surface area (Å²) in [5.74, 6) is 0.597. The number of imide groups is 1. The third-order valence-corrected chi connectivity index (χ3v) is 3.54. The molecule has 0 N–H and O–H groups in total. The lowest BCUT2D eigenvalue weighted by molar-refractivity contribution is -0.138. The summed E-state index contributed by atoms with van der Waals surface area (Å²) in [6, 6.07) is 0. The molecule has 1 aliphatic heterocycles. The first-order valence-corrected chi connectivity index (χ1v) is 7.06. The second-order valence-electron chi connectivity index (χ2n) is 5.20. The molecule has 0 radical (unpaired) electrons. The van der Waals surface area contributed by atoms with Crippen LogP contribution in [0.25, 0.3) is 0 Å². The maximum atomic E-state index is 11.6. The molecule has 0 aliphatic carbocycles. The maximum absolute atomic E-state index is 11.6. The van der Waals surface area contributed by atoms with Crippen LogP contribution in [0.15, 0.2) is 0 Å². The number of hydrogen-bond donors (Lipinski definition) is 1. The highest BCUT2D eigenvalue weighted by Crippen LogP contribution is 2.18. The third kappa shape index (κ3) is 4.70. The summed E-state index contributed by atoms with van der Waals surface area (Å²) in [5.41, 5.74) is 0. The van der Waals surface area contributed by atoms with Crippen molar-refractivity contribution in [3.8, 4) is 0 Å². The highest BCUT2D eigenvalue weighted by molar-refractivity contribution is 7.81. The zero-order valence-electron chi connectivity index (χ0n) is 10.8. The Morgan fingerprint density at radius 3 is 2.41 bits per heavy atom. The quantitative estimate of drug-likeness (QED) is 0.432. The van der Waals surface area contributed by atoms with Gasteiger partial charge in [-0.25, -0.2) is 0 Å². The molecule has 1 heterocycles. The van der Waals surface area contributed by atoms with Crippen molar-refractivity contribution < 1.29 is 9.59 Å². The van der Waals surface area contributed by atoms with E-state index in [1.807, 2.05) is 0 Å². The minimum atomic E-state index is -0.400. The zero-order chi connectivity index (χ0) is 12.8. The first-order valence-electron chi connectivity index (χ1n) is 6.54. The lowest BCUT2D eigenvalue weighted by Crippen LogP contribution is -2.31. The molecular weight excluding hydrogens is 234 g/mol. The van der Waals surface area contributed by atoms with Gasteiger partial charge in [0.2, 0.25) is 11.8 Å². The van der Waals surface area contributed by atoms with Crippen molar-refractivity contribution >= 4 is 24.4 Å². The Labute approximate surface area is 109 Å². The fourth-order valence-electron chi connectivity index (χ4n) is 2.08. The minimum Gasteiger partial charge on any atom is -0.282 e. The normalized spacial score (nSPS) is 20.7. The molecule has 1 rings (SSSR count). The molecule has 1 saturated heterocycles. The van der Waals surface area contributed by atoms with Gasteiger partial charge < -0.3 is 0 Å². The van der Waals surface area contributed by atoms with E-state index < -0.39 is 5.25 Å². The Kier molecular flexibility index (Phi) is 6.03. The van der Waals surface area contributed by atoms with Gasteiger partial charge in [0.05, 0.1) is 5.25 Å². The zero-order valence-corrected chi connectivity index (χ0v) is 11.7. The molecule has 1 unspecified atom stereocenters. The Morgan fingerprint density at radius 1 is 1.24 bits per heavy atom. The lowest BCUT2D eigenvalue weighted by Gasteiger charge is -2.13. The summed E-state index contributed by atoms with van der Waals surface area (Å²) < 4.78 is 0. The van der Waals surface area contributed by atoms with E-state index in [1.54, 1.807) is 0 Å². The van der Waals surface area contributed by atoms with Crippen LogP contribution in [0, 0.1) is 5.92 Å². The highest BCUT2D eigenvalue weighted by Gasteiger charge is 2.35. The van der Waals surface area contributed by atoms with E-state index in [0.29, 0.717) is 6.54 Å². The Balaban J connectivity index is 2.11. The number of carbonyl (C=O) groups excluding carboxylic acids is 2. The Morgan fingerprint density at radius 2 is 1.88 bits per heavy atom. The van der Waals surface area contributed by atoms with Crippen LogP contribution in [-0.2, 0) is 9.59 Å². The molecule has 2 amide bonds. The van der Waals surface area contributed by atoms with Crippen LogP contribution in [0.5, 0.6) is 0 Å². The molecule has 17 heavy (non-hydrogen) atoms. The number of rotatable bonds is 7. The number of amides is 2. The molecule has 0 bridgehead atoms. The van der Waals surface area contributed by atoms with Gasteiger partial charge in [-0.2, -0.15) is 12.6 Å². The molecule has 0 aromatic rings. The van der Waals surface area contributed by atoms with Crippen molar-refractivity contribution in [2.45, 2.75) is 57.6 Å². The predicted molar refractivity (Wildman–Crippen MR) is 72.0 cm³/mol. The molecule has 3 nitrogen and oxygen atoms in total. The van der Waals surface area contributed by atoms with E-state index in [1.165, 1.54) is 24.2 Å². The Hall–Kier alpha value is -0.510. The number of thiol groups is 1. The highest BCUT2D eigenvalue weighted by atomic mass is 32.1. The van der Waals surface area contributed by atoms with Crippen LogP contribution >= 0.6 is 12.6 Å². The number of carbonyl (C=O) groups is 2. The topological polar surface area (TPSA) is 37.4 Å². The summed E-state index contributed by atoms with van der Waals surface area (Å²) in [5, 5.41) is -0.400. The SMILES string of the molecule is CC(C)CCCCCCN1C(=O)CC(S)C1=O. The molecule has 0 spiro atoms. The van der Waals surface area contributed by atoms with Crippen molar-refractivity contribution in [3.63, 3.8) is 0 Å². The van der Waals surface area contributed by atoms with Gasteiger partial charge in [0.1, 0.15) is 0 Å². The third-order valence-electron chi connectivity index (χ3n) is 3.13. The smallest absolute Gasteiger partial charge is 0.242 e. The maximum Gasteiger partial charge on any atom is 0.242 e. The summed E-state index contributed by atoms with van der Waals surface area (Å²) in [7, 11) is 0. The van der Waals surface area contributed by atoms with Gasteiger partial charge in [-0.05, 0) is 12.3 Å². The molecule has 1 fully saturated rings. The number of likely N-dealkylation sites (tertiary alicyclic amines) is 1. The van der Waals surface area contributed by atoms with E-state index in [9.17, 15) is 9.59 Å². The monoisotopic (exact) mass is 257 g/mol. The second-order valence-corrected chi connectivity index (χ2v) is 5.82. The molecule has 98 valence electrons. The second kappa shape index (κ2) is 7.04. The van der Waals surface area contributed by atoms with Crippen molar-refractivity contribution in [2.75, 3.05) is 6.54 Å². The molecule has 0 aromatic carbocycles. The van der Waals surface area contributed by atoms with Crippen LogP contribution in [0.4, 0.5) is 0 Å². The van der Waals surface area contributed by atoms with Gasteiger partial charge in [0, 0.05) is 13.0 Å². The fraction of sp³-hybridized carbons (Fsp3) is 0.846. The van der Waals surface area contributed by atoms with E-state index in [-0.39, 0.29) is 18.2 Å². The van der Waals surface area contributed by atoms with E-state index in [4.69, 9.17) is 0 Å². The van der Waals surface area contributed by atoms with E-state index in [2.05, 4.69) is 26.5 Å². The minimum absolute atomic E-state index is 0.0582. The van der Waals surface area contributed by atoms with E-state index in [0.717, 1.165) is 18.8 Å². The van der Waals surface area contributed by atoms with Gasteiger partial charge in [-0.1, -0.05) is 39.5 Å². The van der Waals surface area contributed by atoms with Crippen LogP contribution in [-0.4, -0.2) is 28.5 Å². The number of hydrogen-bond acceptors (Lipinski definition) is 3. The van der Waals surface area contributed by atoms with Crippen molar-refractivity contribution in [1.82, 2.24) is 4.90 Å². The first-order chi connectivity index (χ1) is 8.02. The van der Waals surface area contributed by atoms with E-state index >= 15 is 0 Å². The van der Waals surface area contributed by atoms with Crippen LogP contribution < -0.4 is 0 Å². The summed E-state index contributed by atoms with van der Waals surface area (Å²) >= 11 is 4.09. The summed E-state index contributed by atoms with van der Waals surface area (Å²) in [4.78, 5) is 24.4. The van der Waals surface area contributed by atoms with Gasteiger partial charge in [-0.15, -0.1) is 0 Å². The molecular formula is C13H23NO2S. The van der Waals surface area contributed by atoms with Gasteiger partial charge in [-0.3, -0.25) is 14.5 Å². The van der Waals surface area contributed by atoms with Crippen LogP contribution in [0.1, 0.15) is 52.4 Å². The van der Waals surface area contributed by atoms with Crippen LogP contribution in [0.2, 0.25) is 0 Å². The lowest BCUT2D eigenvalue weighted by atomic mass is 10.0. The number of unbranched alkanes of at least 4 members (excludes halogenated alkanes) is 3.